The standard InChI is InChI=1S/C5H4N3/c6-4-5-7-2-1-3-8-5/h1-3,7H. The van der Waals surface area contributed by atoms with Gasteiger partial charge in [-0.05, 0) is 6.08 Å². The highest BCUT2D eigenvalue weighted by Crippen LogP contribution is 1.95. The van der Waals surface area contributed by atoms with Crippen LogP contribution >= 0.6 is 0 Å². The molecular formula is C5H4N3. The van der Waals surface area contributed by atoms with Crippen molar-refractivity contribution < 1.29 is 0 Å². The first kappa shape index (κ1) is 4.85. The summed E-state index contributed by atoms with van der Waals surface area (Å²) in [6.45, 7) is 0. The third kappa shape index (κ3) is 0.850. The summed E-state index contributed by atoms with van der Waals surface area (Å²) in [5.74, 6) is 0. The molecule has 0 unspecified atom stereocenters. The molecule has 3 heteroatoms. The predicted octanol–water partition coefficient (Wildman–Crippen LogP) is 0.187. The molecule has 3 nitrogen and oxygen atoms in total. The third-order valence-corrected chi connectivity index (χ3v) is 0.712. The van der Waals surface area contributed by atoms with Crippen LogP contribution in [-0.2, 0) is 0 Å². The number of nitrogens with zero attached hydrogens (tertiary/aromatic N) is 2. The van der Waals surface area contributed by atoms with Crippen molar-refractivity contribution in [1.29, 1.82) is 5.26 Å². The number of allylic oxidation sites excluding steroid dienone is 1. The van der Waals surface area contributed by atoms with Crippen LogP contribution in [0.2, 0.25) is 0 Å². The Morgan fingerprint density at radius 3 is 3.00 bits per heavy atom. The highest BCUT2D eigenvalue weighted by atomic mass is 15.1. The van der Waals surface area contributed by atoms with Gasteiger partial charge in [0.15, 0.2) is 0 Å². The van der Waals surface area contributed by atoms with Crippen LogP contribution in [0, 0.1) is 17.5 Å². The van der Waals surface area contributed by atoms with Gasteiger partial charge in [0, 0.05) is 12.4 Å². The second-order valence-corrected chi connectivity index (χ2v) is 1.24. The first-order valence-corrected chi connectivity index (χ1v) is 2.16. The van der Waals surface area contributed by atoms with Gasteiger partial charge in [-0.3, -0.25) is 0 Å². The third-order valence-electron chi connectivity index (χ3n) is 0.712. The Hall–Kier alpha value is -1.30. The second kappa shape index (κ2) is 2.12. The summed E-state index contributed by atoms with van der Waals surface area (Å²) in [5, 5.41) is 10.8. The number of nitriles is 1. The molecule has 0 saturated carbocycles. The number of hydrogen-bond donors (Lipinski definition) is 1. The molecule has 1 heterocycles. The minimum absolute atomic E-state index is 0.340. The van der Waals surface area contributed by atoms with Gasteiger partial charge < -0.3 is 5.32 Å². The molecule has 0 spiro atoms. The van der Waals surface area contributed by atoms with Crippen LogP contribution < -0.4 is 5.32 Å². The molecule has 0 saturated heterocycles. The fraction of sp³-hybridized carbons (Fsp3) is 0. The SMILES string of the molecule is N#C[C]1N=CC=CN1. The molecule has 0 bridgehead atoms. The lowest BCUT2D eigenvalue weighted by Gasteiger charge is -2.01. The van der Waals surface area contributed by atoms with E-state index in [9.17, 15) is 0 Å². The number of rotatable bonds is 0. The fourth-order valence-corrected chi connectivity index (χ4v) is 0.386. The van der Waals surface area contributed by atoms with E-state index in [0.717, 1.165) is 0 Å². The lowest BCUT2D eigenvalue weighted by Crippen LogP contribution is -2.13. The average Bonchev–Trinajstić information content (AvgIpc) is 1.90. The molecule has 1 aliphatic heterocycles. The molecule has 1 aliphatic rings. The van der Waals surface area contributed by atoms with Crippen LogP contribution in [0.15, 0.2) is 17.3 Å². The monoisotopic (exact) mass is 106 g/mol. The van der Waals surface area contributed by atoms with Gasteiger partial charge >= 0.3 is 0 Å². The Balaban J connectivity index is 2.55. The van der Waals surface area contributed by atoms with E-state index in [1.165, 1.54) is 0 Å². The maximum atomic E-state index is 8.19. The van der Waals surface area contributed by atoms with Crippen molar-refractivity contribution in [2.45, 2.75) is 0 Å². The molecule has 0 aliphatic carbocycles. The van der Waals surface area contributed by atoms with Crippen molar-refractivity contribution in [2.24, 2.45) is 4.99 Å². The Morgan fingerprint density at radius 2 is 2.62 bits per heavy atom. The summed E-state index contributed by atoms with van der Waals surface area (Å²) < 4.78 is 0. The van der Waals surface area contributed by atoms with Crippen molar-refractivity contribution >= 4 is 6.21 Å². The van der Waals surface area contributed by atoms with Gasteiger partial charge in [0.1, 0.15) is 6.07 Å². The van der Waals surface area contributed by atoms with Gasteiger partial charge in [0.05, 0.1) is 0 Å². The van der Waals surface area contributed by atoms with Gasteiger partial charge in [-0.2, -0.15) is 5.26 Å². The zero-order valence-corrected chi connectivity index (χ0v) is 4.13. The van der Waals surface area contributed by atoms with E-state index in [1.54, 1.807) is 18.5 Å². The van der Waals surface area contributed by atoms with Crippen molar-refractivity contribution in [3.63, 3.8) is 0 Å². The Morgan fingerprint density at radius 1 is 1.75 bits per heavy atom. The summed E-state index contributed by atoms with van der Waals surface area (Å²) >= 11 is 0. The molecule has 8 heavy (non-hydrogen) atoms. The number of nitrogens with one attached hydrogen (secondary N) is 1. The molecule has 0 atom stereocenters. The molecule has 39 valence electrons. The topological polar surface area (TPSA) is 48.2 Å². The van der Waals surface area contributed by atoms with Gasteiger partial charge in [0.2, 0.25) is 0 Å². The molecule has 1 radical (unpaired) electrons. The summed E-state index contributed by atoms with van der Waals surface area (Å²) in [5.41, 5.74) is 0. The minimum Gasteiger partial charge on any atom is -0.351 e. The summed E-state index contributed by atoms with van der Waals surface area (Å²) in [4.78, 5) is 3.68. The summed E-state index contributed by atoms with van der Waals surface area (Å²) in [7, 11) is 0. The van der Waals surface area contributed by atoms with Crippen LogP contribution in [0.4, 0.5) is 0 Å². The molecule has 0 aromatic heterocycles. The van der Waals surface area contributed by atoms with E-state index in [1.807, 2.05) is 6.07 Å². The molecule has 0 aromatic rings. The zero-order valence-electron chi connectivity index (χ0n) is 4.13. The van der Waals surface area contributed by atoms with Crippen LogP contribution in [0.1, 0.15) is 0 Å². The van der Waals surface area contributed by atoms with Crippen molar-refractivity contribution in [3.8, 4) is 6.07 Å². The zero-order chi connectivity index (χ0) is 5.82. The summed E-state index contributed by atoms with van der Waals surface area (Å²) in [6.07, 6.45) is 5.29. The molecule has 1 rings (SSSR count). The Bertz CT molecular complexity index is 163. The van der Waals surface area contributed by atoms with Gasteiger partial charge in [-0.25, -0.2) is 4.99 Å². The smallest absolute Gasteiger partial charge is 0.275 e. The lowest BCUT2D eigenvalue weighted by molar-refractivity contribution is 0.911. The van der Waals surface area contributed by atoms with Crippen LogP contribution in [-0.4, -0.2) is 6.21 Å². The maximum absolute atomic E-state index is 8.19. The molecule has 1 N–H and O–H groups in total. The van der Waals surface area contributed by atoms with E-state index >= 15 is 0 Å². The fourth-order valence-electron chi connectivity index (χ4n) is 0.386. The highest BCUT2D eigenvalue weighted by Gasteiger charge is 2.01. The first-order valence-electron chi connectivity index (χ1n) is 2.16. The molecule has 0 fully saturated rings. The van der Waals surface area contributed by atoms with E-state index in [-0.39, 0.29) is 0 Å². The number of hydrogen-bond acceptors (Lipinski definition) is 3. The van der Waals surface area contributed by atoms with Gasteiger partial charge in [0.25, 0.3) is 6.17 Å². The van der Waals surface area contributed by atoms with Crippen molar-refractivity contribution in [1.82, 2.24) is 5.32 Å². The van der Waals surface area contributed by atoms with Crippen LogP contribution in [0.25, 0.3) is 0 Å². The van der Waals surface area contributed by atoms with Gasteiger partial charge in [-0.1, -0.05) is 0 Å². The maximum Gasteiger partial charge on any atom is 0.275 e. The van der Waals surface area contributed by atoms with Crippen LogP contribution in [0.5, 0.6) is 0 Å². The number of aliphatic imine (C=N–C) groups is 1. The van der Waals surface area contributed by atoms with Crippen molar-refractivity contribution in [2.75, 3.05) is 0 Å². The first-order chi connectivity index (χ1) is 3.93. The van der Waals surface area contributed by atoms with Crippen LogP contribution in [0.3, 0.4) is 0 Å². The van der Waals surface area contributed by atoms with E-state index in [0.29, 0.717) is 6.17 Å². The Labute approximate surface area is 47.3 Å². The van der Waals surface area contributed by atoms with E-state index < -0.39 is 0 Å². The molecule has 0 aromatic carbocycles. The molecular weight excluding hydrogens is 102 g/mol. The summed E-state index contributed by atoms with van der Waals surface area (Å²) in [6, 6.07) is 1.86. The quantitative estimate of drug-likeness (QED) is 0.479. The Kier molecular flexibility index (Phi) is 1.29. The van der Waals surface area contributed by atoms with E-state index in [2.05, 4.69) is 10.3 Å². The lowest BCUT2D eigenvalue weighted by atomic mass is 10.5. The van der Waals surface area contributed by atoms with Crippen molar-refractivity contribution in [3.05, 3.63) is 18.4 Å². The molecule has 0 amide bonds. The minimum atomic E-state index is 0.340. The average molecular weight is 106 g/mol. The largest absolute Gasteiger partial charge is 0.351 e. The highest BCUT2D eigenvalue weighted by molar-refractivity contribution is 5.73. The van der Waals surface area contributed by atoms with E-state index in [4.69, 9.17) is 5.26 Å². The second-order valence-electron chi connectivity index (χ2n) is 1.24. The predicted molar refractivity (Wildman–Crippen MR) is 29.6 cm³/mol. The van der Waals surface area contributed by atoms with Gasteiger partial charge in [-0.15, -0.1) is 0 Å². The normalized spacial score (nSPS) is 17.4.